The minimum absolute atomic E-state index is 0.0530. The zero-order chi connectivity index (χ0) is 15.5. The highest BCUT2D eigenvalue weighted by Crippen LogP contribution is 2.35. The Balaban J connectivity index is 1.69. The lowest BCUT2D eigenvalue weighted by Crippen LogP contribution is -2.53. The van der Waals surface area contributed by atoms with Crippen LogP contribution in [-0.4, -0.2) is 49.3 Å². The van der Waals surface area contributed by atoms with Crippen molar-refractivity contribution >= 4 is 5.91 Å². The van der Waals surface area contributed by atoms with Gasteiger partial charge in [-0.15, -0.1) is 6.58 Å². The SMILES string of the molecule is C=CCOCC1CCC2C1OCCN2C(=O)c1ccoc1C. The molecule has 5 nitrogen and oxygen atoms in total. The third-order valence-electron chi connectivity index (χ3n) is 4.64. The van der Waals surface area contributed by atoms with Gasteiger partial charge in [0.2, 0.25) is 0 Å². The molecule has 0 bridgehead atoms. The molecule has 3 atom stereocenters. The maximum atomic E-state index is 12.8. The maximum Gasteiger partial charge on any atom is 0.257 e. The van der Waals surface area contributed by atoms with E-state index in [4.69, 9.17) is 13.9 Å². The quantitative estimate of drug-likeness (QED) is 0.619. The molecule has 1 saturated carbocycles. The first-order valence-corrected chi connectivity index (χ1v) is 7.87. The van der Waals surface area contributed by atoms with Crippen molar-refractivity contribution in [3.05, 3.63) is 36.3 Å². The molecule has 0 radical (unpaired) electrons. The molecule has 0 spiro atoms. The molecule has 1 saturated heterocycles. The topological polar surface area (TPSA) is 51.9 Å². The normalized spacial score (nSPS) is 27.7. The third-order valence-corrected chi connectivity index (χ3v) is 4.64. The molecule has 120 valence electrons. The molecule has 3 rings (SSSR count). The van der Waals surface area contributed by atoms with Crippen LogP contribution in [0.1, 0.15) is 29.0 Å². The number of ether oxygens (including phenoxy) is 2. The van der Waals surface area contributed by atoms with Gasteiger partial charge in [-0.2, -0.15) is 0 Å². The zero-order valence-corrected chi connectivity index (χ0v) is 13.0. The number of hydrogen-bond acceptors (Lipinski definition) is 4. The summed E-state index contributed by atoms with van der Waals surface area (Å²) >= 11 is 0. The molecule has 22 heavy (non-hydrogen) atoms. The average Bonchev–Trinajstić information content (AvgIpc) is 3.13. The molecule has 0 N–H and O–H groups in total. The van der Waals surface area contributed by atoms with E-state index >= 15 is 0 Å². The summed E-state index contributed by atoms with van der Waals surface area (Å²) in [6.45, 7) is 7.94. The highest BCUT2D eigenvalue weighted by Gasteiger charge is 2.44. The molecule has 0 aromatic carbocycles. The molecule has 1 aliphatic heterocycles. The number of carbonyl (C=O) groups is 1. The molecule has 2 aliphatic rings. The highest BCUT2D eigenvalue weighted by atomic mass is 16.5. The summed E-state index contributed by atoms with van der Waals surface area (Å²) in [6, 6.07) is 1.90. The van der Waals surface area contributed by atoms with Gasteiger partial charge in [0.1, 0.15) is 5.76 Å². The van der Waals surface area contributed by atoms with Crippen molar-refractivity contribution in [2.24, 2.45) is 5.92 Å². The Kier molecular flexibility index (Phi) is 4.64. The largest absolute Gasteiger partial charge is 0.469 e. The van der Waals surface area contributed by atoms with Crippen LogP contribution in [0.3, 0.4) is 0 Å². The fourth-order valence-corrected chi connectivity index (χ4v) is 3.56. The Bertz CT molecular complexity index is 539. The first kappa shape index (κ1) is 15.3. The summed E-state index contributed by atoms with van der Waals surface area (Å²) < 4.78 is 16.8. The number of morpholine rings is 1. The van der Waals surface area contributed by atoms with Crippen molar-refractivity contribution in [1.82, 2.24) is 4.90 Å². The summed E-state index contributed by atoms with van der Waals surface area (Å²) in [5, 5.41) is 0. The van der Waals surface area contributed by atoms with Crippen LogP contribution in [0.4, 0.5) is 0 Å². The fourth-order valence-electron chi connectivity index (χ4n) is 3.56. The van der Waals surface area contributed by atoms with Crippen molar-refractivity contribution in [2.75, 3.05) is 26.4 Å². The second kappa shape index (κ2) is 6.67. The van der Waals surface area contributed by atoms with Gasteiger partial charge in [-0.25, -0.2) is 0 Å². The predicted octanol–water partition coefficient (Wildman–Crippen LogP) is 2.41. The van der Waals surface area contributed by atoms with Crippen LogP contribution in [0, 0.1) is 12.8 Å². The number of nitrogens with zero attached hydrogens (tertiary/aromatic N) is 1. The summed E-state index contributed by atoms with van der Waals surface area (Å²) in [7, 11) is 0. The maximum absolute atomic E-state index is 12.8. The van der Waals surface area contributed by atoms with Gasteiger partial charge >= 0.3 is 0 Å². The number of amides is 1. The Morgan fingerprint density at radius 1 is 1.55 bits per heavy atom. The van der Waals surface area contributed by atoms with Crippen molar-refractivity contribution in [3.8, 4) is 0 Å². The lowest BCUT2D eigenvalue weighted by molar-refractivity contribution is -0.0738. The molecule has 1 aliphatic carbocycles. The van der Waals surface area contributed by atoms with Gasteiger partial charge in [0.05, 0.1) is 43.8 Å². The summed E-state index contributed by atoms with van der Waals surface area (Å²) in [4.78, 5) is 14.7. The van der Waals surface area contributed by atoms with Crippen LogP contribution in [-0.2, 0) is 9.47 Å². The van der Waals surface area contributed by atoms with Crippen molar-refractivity contribution in [3.63, 3.8) is 0 Å². The minimum Gasteiger partial charge on any atom is -0.469 e. The van der Waals surface area contributed by atoms with E-state index in [1.165, 1.54) is 0 Å². The highest BCUT2D eigenvalue weighted by molar-refractivity contribution is 5.95. The lowest BCUT2D eigenvalue weighted by Gasteiger charge is -2.39. The number of aryl methyl sites for hydroxylation is 1. The van der Waals surface area contributed by atoms with Crippen LogP contribution in [0.5, 0.6) is 0 Å². The van der Waals surface area contributed by atoms with Crippen molar-refractivity contribution in [2.45, 2.75) is 31.9 Å². The number of furan rings is 1. The monoisotopic (exact) mass is 305 g/mol. The number of rotatable bonds is 5. The van der Waals surface area contributed by atoms with Crippen molar-refractivity contribution < 1.29 is 18.7 Å². The molecular formula is C17H23NO4. The molecule has 3 unspecified atom stereocenters. The van der Waals surface area contributed by atoms with Crippen LogP contribution >= 0.6 is 0 Å². The van der Waals surface area contributed by atoms with E-state index in [9.17, 15) is 4.79 Å². The van der Waals surface area contributed by atoms with Gasteiger partial charge in [0, 0.05) is 12.5 Å². The second-order valence-corrected chi connectivity index (χ2v) is 5.96. The molecule has 5 heteroatoms. The van der Waals surface area contributed by atoms with Crippen molar-refractivity contribution in [1.29, 1.82) is 0 Å². The standard InChI is InChI=1S/C17H23NO4/c1-3-8-20-11-13-4-5-15-16(13)22-10-7-18(15)17(19)14-6-9-21-12(14)2/h3,6,9,13,15-16H,1,4-5,7-8,10-11H2,2H3. The van der Waals surface area contributed by atoms with Crippen LogP contribution in [0.2, 0.25) is 0 Å². The minimum atomic E-state index is 0.0530. The molecule has 1 amide bonds. The van der Waals surface area contributed by atoms with Crippen LogP contribution in [0.15, 0.2) is 29.4 Å². The molecule has 2 fully saturated rings. The third kappa shape index (κ3) is 2.83. The Hall–Kier alpha value is -1.59. The smallest absolute Gasteiger partial charge is 0.257 e. The van der Waals surface area contributed by atoms with E-state index in [0.29, 0.717) is 43.6 Å². The summed E-state index contributed by atoms with van der Waals surface area (Å²) in [6.07, 6.45) is 5.40. The average molecular weight is 305 g/mol. The number of carbonyl (C=O) groups excluding carboxylic acids is 1. The number of fused-ring (bicyclic) bond motifs is 1. The Morgan fingerprint density at radius 2 is 2.41 bits per heavy atom. The summed E-state index contributed by atoms with van der Waals surface area (Å²) in [5.41, 5.74) is 0.659. The predicted molar refractivity (Wildman–Crippen MR) is 81.7 cm³/mol. The Morgan fingerprint density at radius 3 is 3.14 bits per heavy atom. The first-order chi connectivity index (χ1) is 10.7. The second-order valence-electron chi connectivity index (χ2n) is 5.96. The van der Waals surface area contributed by atoms with Gasteiger partial charge in [0.25, 0.3) is 5.91 Å². The van der Waals surface area contributed by atoms with E-state index in [1.807, 2.05) is 11.8 Å². The van der Waals surface area contributed by atoms with Gasteiger partial charge in [-0.3, -0.25) is 4.79 Å². The Labute approximate surface area is 130 Å². The lowest BCUT2D eigenvalue weighted by atomic mass is 10.0. The number of hydrogen-bond donors (Lipinski definition) is 0. The van der Waals surface area contributed by atoms with Gasteiger partial charge in [-0.1, -0.05) is 6.08 Å². The van der Waals surface area contributed by atoms with Crippen LogP contribution < -0.4 is 0 Å². The zero-order valence-electron chi connectivity index (χ0n) is 13.0. The van der Waals surface area contributed by atoms with Gasteiger partial charge in [-0.05, 0) is 25.8 Å². The van der Waals surface area contributed by atoms with E-state index in [0.717, 1.165) is 12.8 Å². The first-order valence-electron chi connectivity index (χ1n) is 7.87. The molecule has 1 aromatic heterocycles. The van der Waals surface area contributed by atoms with Crippen LogP contribution in [0.25, 0.3) is 0 Å². The molecular weight excluding hydrogens is 282 g/mol. The fraction of sp³-hybridized carbons (Fsp3) is 0.588. The van der Waals surface area contributed by atoms with E-state index < -0.39 is 0 Å². The summed E-state index contributed by atoms with van der Waals surface area (Å²) in [5.74, 6) is 1.08. The molecule has 2 heterocycles. The molecule has 1 aromatic rings. The van der Waals surface area contributed by atoms with E-state index in [-0.39, 0.29) is 18.1 Å². The van der Waals surface area contributed by atoms with Gasteiger partial charge in [0.15, 0.2) is 0 Å². The van der Waals surface area contributed by atoms with Gasteiger partial charge < -0.3 is 18.8 Å². The van der Waals surface area contributed by atoms with E-state index in [2.05, 4.69) is 6.58 Å². The van der Waals surface area contributed by atoms with E-state index in [1.54, 1.807) is 18.4 Å².